The van der Waals surface area contributed by atoms with Gasteiger partial charge >= 0.3 is 0 Å². The lowest BCUT2D eigenvalue weighted by molar-refractivity contribution is -0.124. The van der Waals surface area contributed by atoms with E-state index < -0.39 is 0 Å². The molecule has 1 aliphatic rings. The minimum Gasteiger partial charge on any atom is -0.487 e. The van der Waals surface area contributed by atoms with Gasteiger partial charge in [-0.15, -0.1) is 16.4 Å². The summed E-state index contributed by atoms with van der Waals surface area (Å²) in [4.78, 5) is 37.3. The number of amides is 1. The highest BCUT2D eigenvalue weighted by atomic mass is 35.5. The monoisotopic (exact) mass is 523 g/mol. The maximum Gasteiger partial charge on any atom is 0.255 e. The summed E-state index contributed by atoms with van der Waals surface area (Å²) in [5.41, 5.74) is 1.72. The number of ketones is 1. The lowest BCUT2D eigenvalue weighted by atomic mass is 10.1. The van der Waals surface area contributed by atoms with Gasteiger partial charge in [-0.05, 0) is 30.3 Å². The molecular formula is C25H22ClN5O4S. The predicted octanol–water partition coefficient (Wildman–Crippen LogP) is 3.61. The van der Waals surface area contributed by atoms with Crippen molar-refractivity contribution in [3.05, 3.63) is 86.2 Å². The van der Waals surface area contributed by atoms with Gasteiger partial charge in [-0.3, -0.25) is 19.0 Å². The Bertz CT molecular complexity index is 1480. The molecule has 3 aromatic heterocycles. The first-order valence-electron chi connectivity index (χ1n) is 11.4. The van der Waals surface area contributed by atoms with Crippen LogP contribution in [0.15, 0.2) is 65.7 Å². The van der Waals surface area contributed by atoms with E-state index in [1.54, 1.807) is 59.5 Å². The number of pyridine rings is 1. The summed E-state index contributed by atoms with van der Waals surface area (Å²) in [5.74, 6) is 0.408. The Kier molecular flexibility index (Phi) is 6.97. The molecule has 1 unspecified atom stereocenters. The van der Waals surface area contributed by atoms with E-state index in [9.17, 15) is 14.4 Å². The van der Waals surface area contributed by atoms with Gasteiger partial charge < -0.3 is 10.1 Å². The van der Waals surface area contributed by atoms with Crippen LogP contribution in [0, 0.1) is 0 Å². The molecular weight excluding hydrogens is 502 g/mol. The Morgan fingerprint density at radius 2 is 2.08 bits per heavy atom. The average molecular weight is 524 g/mol. The second kappa shape index (κ2) is 10.5. The lowest BCUT2D eigenvalue weighted by Gasteiger charge is -2.24. The van der Waals surface area contributed by atoms with Gasteiger partial charge in [0.2, 0.25) is 5.91 Å². The van der Waals surface area contributed by atoms with Crippen molar-refractivity contribution in [1.82, 2.24) is 24.9 Å². The molecule has 1 N–H and O–H groups in total. The number of carbonyl (C=O) groups is 2. The van der Waals surface area contributed by atoms with Gasteiger partial charge in [0.1, 0.15) is 17.5 Å². The quantitative estimate of drug-likeness (QED) is 0.353. The first kappa shape index (κ1) is 24.0. The molecule has 1 aliphatic heterocycles. The zero-order chi connectivity index (χ0) is 25.1. The number of benzene rings is 1. The first-order chi connectivity index (χ1) is 17.5. The SMILES string of the molecule is O=C1CC(Oc2cc(-n3ccccc3=O)ccc2-n2cc(CCC(=O)c3ccc(Cl)s3)nn2)CCN1. The van der Waals surface area contributed by atoms with Gasteiger partial charge in [-0.25, -0.2) is 4.68 Å². The van der Waals surface area contributed by atoms with Crippen LogP contribution < -0.4 is 15.6 Å². The van der Waals surface area contributed by atoms with Gasteiger partial charge in [-0.2, -0.15) is 0 Å². The van der Waals surface area contributed by atoms with Gasteiger partial charge in [0.25, 0.3) is 5.56 Å². The molecule has 36 heavy (non-hydrogen) atoms. The summed E-state index contributed by atoms with van der Waals surface area (Å²) >= 11 is 7.19. The van der Waals surface area contributed by atoms with Crippen LogP contribution in [0.5, 0.6) is 5.75 Å². The highest BCUT2D eigenvalue weighted by Crippen LogP contribution is 2.28. The van der Waals surface area contributed by atoms with E-state index in [-0.39, 0.29) is 36.2 Å². The first-order valence-corrected chi connectivity index (χ1v) is 12.6. The molecule has 0 saturated carbocycles. The zero-order valence-electron chi connectivity index (χ0n) is 19.1. The molecule has 11 heteroatoms. The summed E-state index contributed by atoms with van der Waals surface area (Å²) in [6.07, 6.45) is 4.74. The third-order valence-electron chi connectivity index (χ3n) is 5.78. The molecule has 9 nitrogen and oxygen atoms in total. The highest BCUT2D eigenvalue weighted by Gasteiger charge is 2.23. The summed E-state index contributed by atoms with van der Waals surface area (Å²) in [7, 11) is 0. The molecule has 0 radical (unpaired) electrons. The number of thiophene rings is 1. The second-order valence-corrected chi connectivity index (χ2v) is 10.0. The molecule has 0 bridgehead atoms. The third-order valence-corrected chi connectivity index (χ3v) is 7.06. The molecule has 1 amide bonds. The van der Waals surface area contributed by atoms with Crippen LogP contribution in [-0.2, 0) is 11.2 Å². The van der Waals surface area contributed by atoms with E-state index >= 15 is 0 Å². The van der Waals surface area contributed by atoms with E-state index in [0.29, 0.717) is 51.4 Å². The van der Waals surface area contributed by atoms with Gasteiger partial charge in [0.05, 0.1) is 33.2 Å². The van der Waals surface area contributed by atoms with Crippen molar-refractivity contribution in [2.45, 2.75) is 31.8 Å². The molecule has 0 spiro atoms. The summed E-state index contributed by atoms with van der Waals surface area (Å²) in [6, 6.07) is 13.7. The van der Waals surface area contributed by atoms with E-state index in [1.807, 2.05) is 0 Å². The normalized spacial score (nSPS) is 15.5. The predicted molar refractivity (Wildman–Crippen MR) is 136 cm³/mol. The number of halogens is 1. The maximum atomic E-state index is 12.4. The molecule has 184 valence electrons. The van der Waals surface area contributed by atoms with Crippen molar-refractivity contribution in [1.29, 1.82) is 0 Å². The molecule has 5 rings (SSSR count). The number of Topliss-reactive ketones (excluding diaryl/α,β-unsaturated/α-hetero) is 1. The summed E-state index contributed by atoms with van der Waals surface area (Å²) in [5, 5.41) is 11.3. The van der Waals surface area contributed by atoms with Crippen molar-refractivity contribution >= 4 is 34.6 Å². The van der Waals surface area contributed by atoms with E-state index in [4.69, 9.17) is 16.3 Å². The van der Waals surface area contributed by atoms with E-state index in [1.165, 1.54) is 22.0 Å². The van der Waals surface area contributed by atoms with Gasteiger partial charge in [0.15, 0.2) is 5.78 Å². The van der Waals surface area contributed by atoms with Crippen molar-refractivity contribution in [2.75, 3.05) is 6.54 Å². The topological polar surface area (TPSA) is 108 Å². The average Bonchev–Trinajstić information content (AvgIpc) is 3.52. The fraction of sp³-hybridized carbons (Fsp3) is 0.240. The number of piperidine rings is 1. The number of nitrogens with one attached hydrogen (secondary N) is 1. The van der Waals surface area contributed by atoms with E-state index in [2.05, 4.69) is 15.6 Å². The maximum absolute atomic E-state index is 12.4. The Labute approximate surface area is 215 Å². The number of hydrogen-bond acceptors (Lipinski definition) is 7. The van der Waals surface area contributed by atoms with Crippen LogP contribution in [0.4, 0.5) is 0 Å². The Morgan fingerprint density at radius 1 is 1.19 bits per heavy atom. The third kappa shape index (κ3) is 5.39. The molecule has 1 atom stereocenters. The molecule has 1 aromatic carbocycles. The number of hydrogen-bond donors (Lipinski definition) is 1. The Morgan fingerprint density at radius 3 is 2.86 bits per heavy atom. The summed E-state index contributed by atoms with van der Waals surface area (Å²) in [6.45, 7) is 0.535. The fourth-order valence-corrected chi connectivity index (χ4v) is 4.98. The number of nitrogens with zero attached hydrogens (tertiary/aromatic N) is 4. The minimum atomic E-state index is -0.307. The van der Waals surface area contributed by atoms with Crippen LogP contribution >= 0.6 is 22.9 Å². The van der Waals surface area contributed by atoms with Crippen molar-refractivity contribution in [3.8, 4) is 17.1 Å². The van der Waals surface area contributed by atoms with Crippen LogP contribution in [0.2, 0.25) is 4.34 Å². The molecule has 1 saturated heterocycles. The second-order valence-electron chi connectivity index (χ2n) is 8.32. The molecule has 4 heterocycles. The smallest absolute Gasteiger partial charge is 0.255 e. The Balaban J connectivity index is 1.41. The van der Waals surface area contributed by atoms with E-state index in [0.717, 1.165) is 0 Å². The largest absolute Gasteiger partial charge is 0.487 e. The lowest BCUT2D eigenvalue weighted by Crippen LogP contribution is -2.38. The highest BCUT2D eigenvalue weighted by molar-refractivity contribution is 7.18. The van der Waals surface area contributed by atoms with Crippen molar-refractivity contribution in [2.24, 2.45) is 0 Å². The van der Waals surface area contributed by atoms with Gasteiger partial charge in [-0.1, -0.05) is 22.9 Å². The Hall–Kier alpha value is -3.76. The molecule has 4 aromatic rings. The van der Waals surface area contributed by atoms with Crippen LogP contribution in [-0.4, -0.2) is 43.9 Å². The zero-order valence-corrected chi connectivity index (χ0v) is 20.7. The number of aryl methyl sites for hydroxylation is 1. The number of aromatic nitrogens is 4. The fourth-order valence-electron chi connectivity index (χ4n) is 3.97. The van der Waals surface area contributed by atoms with Gasteiger partial charge in [0, 0.05) is 44.1 Å². The molecule has 0 aliphatic carbocycles. The number of carbonyl (C=O) groups excluding carboxylic acids is 2. The van der Waals surface area contributed by atoms with Crippen molar-refractivity contribution < 1.29 is 14.3 Å². The number of rotatable bonds is 8. The minimum absolute atomic E-state index is 0.00120. The standard InChI is InChI=1S/C25H22ClN5O4S/c26-23-9-8-22(36-23)20(32)7-4-16-15-31(29-28-16)19-6-5-17(30-12-2-1-3-25(30)34)13-21(19)35-18-10-11-27-24(33)14-18/h1-3,5-6,8-9,12-13,15,18H,4,7,10-11,14H2,(H,27,33). The van der Waals surface area contributed by atoms with Crippen LogP contribution in [0.1, 0.15) is 34.6 Å². The molecule has 1 fully saturated rings. The van der Waals surface area contributed by atoms with Crippen LogP contribution in [0.3, 0.4) is 0 Å². The number of ether oxygens (including phenoxy) is 1. The van der Waals surface area contributed by atoms with Crippen molar-refractivity contribution in [3.63, 3.8) is 0 Å². The van der Waals surface area contributed by atoms with Crippen LogP contribution in [0.25, 0.3) is 11.4 Å². The summed E-state index contributed by atoms with van der Waals surface area (Å²) < 4.78 is 9.92.